The van der Waals surface area contributed by atoms with Gasteiger partial charge in [0.15, 0.2) is 0 Å². The molecule has 0 fully saturated rings. The van der Waals surface area contributed by atoms with Crippen LogP contribution in [0, 0.1) is 5.92 Å². The second kappa shape index (κ2) is 5.37. The van der Waals surface area contributed by atoms with E-state index >= 15 is 0 Å². The number of hydrogen-bond acceptors (Lipinski definition) is 3. The van der Waals surface area contributed by atoms with Crippen LogP contribution in [0.4, 0.5) is 0 Å². The Morgan fingerprint density at radius 1 is 1.29 bits per heavy atom. The summed E-state index contributed by atoms with van der Waals surface area (Å²) < 4.78 is 11.2. The third-order valence-electron chi connectivity index (χ3n) is 6.49. The zero-order valence-corrected chi connectivity index (χ0v) is 15.1. The molecule has 1 aromatic carbocycles. The molecule has 2 atom stereocenters. The van der Waals surface area contributed by atoms with E-state index in [-0.39, 0.29) is 11.4 Å². The molecule has 1 aromatic rings. The summed E-state index contributed by atoms with van der Waals surface area (Å²) in [4.78, 5) is 12.0. The number of benzene rings is 1. The fourth-order valence-electron chi connectivity index (χ4n) is 5.19. The van der Waals surface area contributed by atoms with Gasteiger partial charge in [0.05, 0.1) is 7.11 Å². The summed E-state index contributed by atoms with van der Waals surface area (Å²) >= 11 is 0. The van der Waals surface area contributed by atoms with E-state index in [1.54, 1.807) is 7.11 Å². The number of ether oxygens (including phenoxy) is 2. The van der Waals surface area contributed by atoms with E-state index in [4.69, 9.17) is 9.47 Å². The lowest BCUT2D eigenvalue weighted by atomic mass is 9.56. The Bertz CT molecular complexity index is 744. The molecule has 128 valence electrons. The molecule has 3 nitrogen and oxygen atoms in total. The minimum absolute atomic E-state index is 0.0782. The monoisotopic (exact) mass is 326 g/mol. The van der Waals surface area contributed by atoms with E-state index in [9.17, 15) is 4.79 Å². The second-order valence-electron chi connectivity index (χ2n) is 7.96. The molecular weight excluding hydrogens is 300 g/mol. The molecule has 0 N–H and O–H groups in total. The molecule has 0 spiro atoms. The van der Waals surface area contributed by atoms with Crippen LogP contribution >= 0.6 is 0 Å². The predicted octanol–water partition coefficient (Wildman–Crippen LogP) is 4.29. The maximum atomic E-state index is 12.0. The molecule has 0 saturated carbocycles. The van der Waals surface area contributed by atoms with Crippen molar-refractivity contribution in [1.82, 2.24) is 0 Å². The first-order chi connectivity index (χ1) is 11.5. The van der Waals surface area contributed by atoms with Gasteiger partial charge in [-0.15, -0.1) is 0 Å². The van der Waals surface area contributed by atoms with Crippen molar-refractivity contribution in [1.29, 1.82) is 0 Å². The van der Waals surface area contributed by atoms with Gasteiger partial charge in [0.1, 0.15) is 12.4 Å². The van der Waals surface area contributed by atoms with Crippen LogP contribution in [0.2, 0.25) is 0 Å². The summed E-state index contributed by atoms with van der Waals surface area (Å²) in [5.41, 5.74) is 6.43. The number of fused-ring (bicyclic) bond motifs is 4. The van der Waals surface area contributed by atoms with Crippen LogP contribution in [-0.2, 0) is 21.4 Å². The summed E-state index contributed by atoms with van der Waals surface area (Å²) in [6, 6.07) is 4.57. The number of methoxy groups -OCH3 is 1. The Labute approximate surface area is 144 Å². The summed E-state index contributed by atoms with van der Waals surface area (Å²) in [6.07, 6.45) is 3.96. The van der Waals surface area contributed by atoms with Crippen LogP contribution < -0.4 is 4.74 Å². The van der Waals surface area contributed by atoms with Gasteiger partial charge >= 0.3 is 5.97 Å². The Hall–Kier alpha value is -1.77. The molecule has 4 rings (SSSR count). The van der Waals surface area contributed by atoms with Crippen LogP contribution in [0.25, 0.3) is 0 Å². The normalized spacial score (nSPS) is 28.4. The highest BCUT2D eigenvalue weighted by Crippen LogP contribution is 2.55. The highest BCUT2D eigenvalue weighted by atomic mass is 16.5. The summed E-state index contributed by atoms with van der Waals surface area (Å²) in [5.74, 6) is 1.89. The van der Waals surface area contributed by atoms with Crippen molar-refractivity contribution in [3.63, 3.8) is 0 Å². The largest absolute Gasteiger partial charge is 0.496 e. The van der Waals surface area contributed by atoms with E-state index in [1.807, 2.05) is 0 Å². The topological polar surface area (TPSA) is 35.5 Å². The van der Waals surface area contributed by atoms with Gasteiger partial charge in [-0.05, 0) is 65.2 Å². The molecule has 3 aliphatic rings. The number of carbonyl (C=O) groups excluding carboxylic acids is 1. The molecule has 1 aliphatic heterocycles. The van der Waals surface area contributed by atoms with Crippen molar-refractivity contribution < 1.29 is 14.3 Å². The van der Waals surface area contributed by atoms with Gasteiger partial charge in [-0.3, -0.25) is 0 Å². The molecule has 24 heavy (non-hydrogen) atoms. The lowest BCUT2D eigenvalue weighted by molar-refractivity contribution is -0.136. The minimum Gasteiger partial charge on any atom is -0.496 e. The molecular formula is C21H26O3. The first kappa shape index (κ1) is 15.7. The molecule has 1 heterocycles. The van der Waals surface area contributed by atoms with Crippen molar-refractivity contribution >= 4 is 5.97 Å². The van der Waals surface area contributed by atoms with Crippen LogP contribution in [0.5, 0.6) is 5.75 Å². The summed E-state index contributed by atoms with van der Waals surface area (Å²) in [5, 5.41) is 0. The molecule has 0 unspecified atom stereocenters. The van der Waals surface area contributed by atoms with Gasteiger partial charge in [-0.2, -0.15) is 0 Å². The smallest absolute Gasteiger partial charge is 0.334 e. The van der Waals surface area contributed by atoms with Crippen LogP contribution in [0.1, 0.15) is 62.6 Å². The van der Waals surface area contributed by atoms with Crippen molar-refractivity contribution in [3.8, 4) is 5.75 Å². The number of carbonyl (C=O) groups is 1. The second-order valence-corrected chi connectivity index (χ2v) is 7.96. The van der Waals surface area contributed by atoms with E-state index < -0.39 is 0 Å². The number of hydrogen-bond donors (Lipinski definition) is 0. The summed E-state index contributed by atoms with van der Waals surface area (Å²) in [6.45, 7) is 7.31. The first-order valence-corrected chi connectivity index (χ1v) is 9.06. The molecule has 0 aromatic heterocycles. The Balaban J connectivity index is 1.85. The molecule has 2 aliphatic carbocycles. The maximum absolute atomic E-state index is 12.0. The van der Waals surface area contributed by atoms with Crippen molar-refractivity contribution in [3.05, 3.63) is 40.0 Å². The van der Waals surface area contributed by atoms with Gasteiger partial charge < -0.3 is 9.47 Å². The standard InChI is InChI=1S/C21H26O3/c1-12(2)13-5-7-17-15(19(13)23-4)6-8-18-16-11-24-20(22)14(16)9-10-21(17,18)3/h5,7,12,18H,6,8-11H2,1-4H3/t18-,21+/m0/s1. The van der Waals surface area contributed by atoms with Gasteiger partial charge in [-0.1, -0.05) is 32.9 Å². The molecule has 0 amide bonds. The SMILES string of the molecule is COc1c(C(C)C)ccc2c1CC[C@H]1C3=C(CC[C@]21C)C(=O)OC3. The highest BCUT2D eigenvalue weighted by molar-refractivity contribution is 5.92. The third-order valence-corrected chi connectivity index (χ3v) is 6.49. The average molecular weight is 326 g/mol. The minimum atomic E-state index is -0.0782. The van der Waals surface area contributed by atoms with Crippen molar-refractivity contribution in [2.45, 2.75) is 57.8 Å². The quantitative estimate of drug-likeness (QED) is 0.761. The van der Waals surface area contributed by atoms with Crippen LogP contribution in [0.15, 0.2) is 23.3 Å². The number of cyclic esters (lactones) is 1. The lowest BCUT2D eigenvalue weighted by Gasteiger charge is -2.47. The van der Waals surface area contributed by atoms with Crippen LogP contribution in [-0.4, -0.2) is 19.7 Å². The Morgan fingerprint density at radius 3 is 2.79 bits per heavy atom. The van der Waals surface area contributed by atoms with E-state index in [1.165, 1.54) is 22.3 Å². The molecule has 0 bridgehead atoms. The summed E-state index contributed by atoms with van der Waals surface area (Å²) in [7, 11) is 1.79. The highest BCUT2D eigenvalue weighted by Gasteiger charge is 2.49. The third kappa shape index (κ3) is 2.00. The fraction of sp³-hybridized carbons (Fsp3) is 0.571. The average Bonchev–Trinajstić information content (AvgIpc) is 2.94. The van der Waals surface area contributed by atoms with Crippen LogP contribution in [0.3, 0.4) is 0 Å². The zero-order chi connectivity index (χ0) is 17.1. The molecule has 0 radical (unpaired) electrons. The van der Waals surface area contributed by atoms with E-state index in [0.29, 0.717) is 18.4 Å². The Kier molecular flexibility index (Phi) is 3.52. The van der Waals surface area contributed by atoms with Gasteiger partial charge in [0.25, 0.3) is 0 Å². The lowest BCUT2D eigenvalue weighted by Crippen LogP contribution is -2.41. The van der Waals surface area contributed by atoms with Gasteiger partial charge in [0.2, 0.25) is 0 Å². The van der Waals surface area contributed by atoms with E-state index in [2.05, 4.69) is 32.9 Å². The Morgan fingerprint density at radius 2 is 2.08 bits per heavy atom. The number of rotatable bonds is 2. The fourth-order valence-corrected chi connectivity index (χ4v) is 5.19. The zero-order valence-electron chi connectivity index (χ0n) is 15.1. The van der Waals surface area contributed by atoms with Crippen molar-refractivity contribution in [2.24, 2.45) is 5.92 Å². The van der Waals surface area contributed by atoms with Gasteiger partial charge in [-0.25, -0.2) is 4.79 Å². The first-order valence-electron chi connectivity index (χ1n) is 9.06. The van der Waals surface area contributed by atoms with E-state index in [0.717, 1.165) is 37.0 Å². The predicted molar refractivity (Wildman–Crippen MR) is 93.5 cm³/mol. The number of esters is 1. The van der Waals surface area contributed by atoms with Crippen molar-refractivity contribution in [2.75, 3.05) is 13.7 Å². The maximum Gasteiger partial charge on any atom is 0.334 e. The van der Waals surface area contributed by atoms with Gasteiger partial charge in [0, 0.05) is 5.57 Å². The molecule has 3 heteroatoms. The molecule has 0 saturated heterocycles.